The molecule has 4 nitrogen and oxygen atoms in total. The average molecular weight is 363 g/mol. The predicted molar refractivity (Wildman–Crippen MR) is 92.9 cm³/mol. The van der Waals surface area contributed by atoms with Crippen molar-refractivity contribution in [3.05, 3.63) is 58.9 Å². The minimum absolute atomic E-state index is 0.0839. The van der Waals surface area contributed by atoms with Gasteiger partial charge in [0.2, 0.25) is 10.8 Å². The van der Waals surface area contributed by atoms with Gasteiger partial charge in [-0.2, -0.15) is 0 Å². The zero-order valence-electron chi connectivity index (χ0n) is 12.6. The van der Waals surface area contributed by atoms with Gasteiger partial charge in [0.1, 0.15) is 5.82 Å². The third-order valence-corrected chi connectivity index (χ3v) is 6.03. The summed E-state index contributed by atoms with van der Waals surface area (Å²) in [5.41, 5.74) is 1.94. The Morgan fingerprint density at radius 1 is 1.21 bits per heavy atom. The van der Waals surface area contributed by atoms with Crippen LogP contribution in [0.4, 0.5) is 15.8 Å². The van der Waals surface area contributed by atoms with Crippen LogP contribution in [-0.4, -0.2) is 24.6 Å². The van der Waals surface area contributed by atoms with E-state index in [-0.39, 0.29) is 22.6 Å². The van der Waals surface area contributed by atoms with Crippen molar-refractivity contribution in [1.82, 2.24) is 0 Å². The number of anilines is 2. The van der Waals surface area contributed by atoms with Gasteiger partial charge < -0.3 is 4.90 Å². The highest BCUT2D eigenvalue weighted by Gasteiger charge is 2.60. The summed E-state index contributed by atoms with van der Waals surface area (Å²) in [5, 5.41) is -0.0839. The Bertz CT molecular complexity index is 891. The molecular formula is C17H12ClFN2O2S. The number of thioether (sulfide) groups is 1. The van der Waals surface area contributed by atoms with E-state index < -0.39 is 10.7 Å². The summed E-state index contributed by atoms with van der Waals surface area (Å²) in [5.74, 6) is -0.798. The fourth-order valence-corrected chi connectivity index (χ4v) is 4.84. The Morgan fingerprint density at radius 2 is 1.96 bits per heavy atom. The second-order valence-electron chi connectivity index (χ2n) is 5.64. The molecule has 2 aliphatic rings. The normalized spacial score (nSPS) is 22.6. The molecule has 2 amide bonds. The number of benzene rings is 2. The van der Waals surface area contributed by atoms with E-state index in [1.54, 1.807) is 11.9 Å². The van der Waals surface area contributed by atoms with Gasteiger partial charge in [-0.1, -0.05) is 29.8 Å². The van der Waals surface area contributed by atoms with E-state index in [1.165, 1.54) is 34.9 Å². The first-order valence-electron chi connectivity index (χ1n) is 7.26. The van der Waals surface area contributed by atoms with Crippen molar-refractivity contribution in [2.24, 2.45) is 0 Å². The van der Waals surface area contributed by atoms with Crippen LogP contribution in [0.5, 0.6) is 0 Å². The number of carbonyl (C=O) groups excluding carboxylic acids is 2. The van der Waals surface area contributed by atoms with Gasteiger partial charge in [-0.05, 0) is 24.3 Å². The van der Waals surface area contributed by atoms with Gasteiger partial charge in [-0.25, -0.2) is 4.39 Å². The molecule has 2 aromatic carbocycles. The molecule has 122 valence electrons. The monoisotopic (exact) mass is 362 g/mol. The number of carbonyl (C=O) groups is 2. The quantitative estimate of drug-likeness (QED) is 0.780. The first kappa shape index (κ1) is 15.5. The van der Waals surface area contributed by atoms with Crippen LogP contribution in [0, 0.1) is 5.82 Å². The van der Waals surface area contributed by atoms with Gasteiger partial charge in [-0.15, -0.1) is 11.8 Å². The molecule has 0 aromatic heterocycles. The van der Waals surface area contributed by atoms with E-state index in [9.17, 15) is 14.0 Å². The van der Waals surface area contributed by atoms with Gasteiger partial charge in [0.15, 0.2) is 0 Å². The molecule has 1 atom stereocenters. The van der Waals surface area contributed by atoms with Gasteiger partial charge in [0.05, 0.1) is 16.5 Å². The van der Waals surface area contributed by atoms with Crippen molar-refractivity contribution >= 4 is 46.6 Å². The number of likely N-dealkylation sites (N-methyl/N-ethyl adjacent to an activating group) is 1. The largest absolute Gasteiger partial charge is 0.312 e. The fourth-order valence-electron chi connectivity index (χ4n) is 3.28. The van der Waals surface area contributed by atoms with Crippen LogP contribution in [0.25, 0.3) is 0 Å². The van der Waals surface area contributed by atoms with Crippen molar-refractivity contribution in [1.29, 1.82) is 0 Å². The van der Waals surface area contributed by atoms with Gasteiger partial charge in [0.25, 0.3) is 5.91 Å². The van der Waals surface area contributed by atoms with Crippen LogP contribution in [-0.2, 0) is 14.5 Å². The standard InChI is InChI=1S/C17H12ClFN2O2S/c1-20-14-5-3-2-4-11(14)17(16(20)23)21(15(22)9-24-17)10-6-7-13(19)12(18)8-10/h2-8H,9H2,1H3/t17-/m1/s1. The van der Waals surface area contributed by atoms with Gasteiger partial charge in [-0.3, -0.25) is 14.5 Å². The number of nitrogens with zero attached hydrogens (tertiary/aromatic N) is 2. The third-order valence-electron chi connectivity index (χ3n) is 4.36. The van der Waals surface area contributed by atoms with E-state index in [0.29, 0.717) is 5.69 Å². The van der Waals surface area contributed by atoms with Gasteiger partial charge >= 0.3 is 0 Å². The summed E-state index contributed by atoms with van der Waals surface area (Å²) in [6, 6.07) is 11.4. The second kappa shape index (κ2) is 5.22. The van der Waals surface area contributed by atoms with E-state index in [2.05, 4.69) is 0 Å². The lowest BCUT2D eigenvalue weighted by Gasteiger charge is -2.33. The lowest BCUT2D eigenvalue weighted by atomic mass is 10.0. The van der Waals surface area contributed by atoms with E-state index >= 15 is 0 Å². The number of amides is 2. The molecule has 0 radical (unpaired) electrons. The lowest BCUT2D eigenvalue weighted by Crippen LogP contribution is -2.49. The molecule has 1 spiro atoms. The molecule has 0 unspecified atom stereocenters. The minimum atomic E-state index is -1.16. The van der Waals surface area contributed by atoms with E-state index in [4.69, 9.17) is 11.6 Å². The van der Waals surface area contributed by atoms with Crippen molar-refractivity contribution in [3.63, 3.8) is 0 Å². The molecule has 7 heteroatoms. The zero-order valence-corrected chi connectivity index (χ0v) is 14.2. The van der Waals surface area contributed by atoms with Crippen molar-refractivity contribution in [3.8, 4) is 0 Å². The fraction of sp³-hybridized carbons (Fsp3) is 0.176. The number of hydrogen-bond acceptors (Lipinski definition) is 3. The highest BCUT2D eigenvalue weighted by Crippen LogP contribution is 2.55. The van der Waals surface area contributed by atoms with Crippen molar-refractivity contribution in [2.45, 2.75) is 4.87 Å². The van der Waals surface area contributed by atoms with Crippen LogP contribution in [0.2, 0.25) is 5.02 Å². The average Bonchev–Trinajstić information content (AvgIpc) is 3.03. The van der Waals surface area contributed by atoms with Crippen molar-refractivity contribution in [2.75, 3.05) is 22.6 Å². The molecule has 2 heterocycles. The van der Waals surface area contributed by atoms with Gasteiger partial charge in [0, 0.05) is 18.3 Å². The summed E-state index contributed by atoms with van der Waals surface area (Å²) in [6.07, 6.45) is 0. The van der Waals surface area contributed by atoms with Crippen LogP contribution in [0.1, 0.15) is 5.56 Å². The molecule has 2 aliphatic heterocycles. The Hall–Kier alpha value is -2.05. The summed E-state index contributed by atoms with van der Waals surface area (Å²) in [4.78, 5) is 27.5. The first-order chi connectivity index (χ1) is 11.5. The Morgan fingerprint density at radius 3 is 2.71 bits per heavy atom. The molecule has 0 aliphatic carbocycles. The highest BCUT2D eigenvalue weighted by molar-refractivity contribution is 8.02. The Kier molecular flexibility index (Phi) is 3.37. The Balaban J connectivity index is 1.95. The molecule has 24 heavy (non-hydrogen) atoms. The molecule has 1 saturated heterocycles. The number of rotatable bonds is 1. The first-order valence-corrected chi connectivity index (χ1v) is 8.63. The number of halogens is 2. The van der Waals surface area contributed by atoms with E-state index in [1.807, 2.05) is 24.3 Å². The van der Waals surface area contributed by atoms with Crippen LogP contribution >= 0.6 is 23.4 Å². The maximum atomic E-state index is 13.5. The van der Waals surface area contributed by atoms with Crippen LogP contribution in [0.15, 0.2) is 42.5 Å². The SMILES string of the molecule is CN1C(=O)[C@]2(SCC(=O)N2c2ccc(F)c(Cl)c2)c2ccccc21. The zero-order chi connectivity index (χ0) is 17.1. The number of fused-ring (bicyclic) bond motifs is 2. The molecule has 0 bridgehead atoms. The smallest absolute Gasteiger partial charge is 0.268 e. The van der Waals surface area contributed by atoms with Crippen molar-refractivity contribution < 1.29 is 14.0 Å². The second-order valence-corrected chi connectivity index (χ2v) is 7.22. The van der Waals surface area contributed by atoms with E-state index in [0.717, 1.165) is 11.3 Å². The Labute approximate surface area is 147 Å². The third kappa shape index (κ3) is 1.87. The summed E-state index contributed by atoms with van der Waals surface area (Å²) >= 11 is 7.16. The topological polar surface area (TPSA) is 40.6 Å². The van der Waals surface area contributed by atoms with Crippen LogP contribution < -0.4 is 9.80 Å². The minimum Gasteiger partial charge on any atom is -0.312 e. The lowest BCUT2D eigenvalue weighted by molar-refractivity contribution is -0.123. The molecular weight excluding hydrogens is 351 g/mol. The molecule has 4 rings (SSSR count). The highest BCUT2D eigenvalue weighted by atomic mass is 35.5. The summed E-state index contributed by atoms with van der Waals surface area (Å²) in [7, 11) is 1.69. The predicted octanol–water partition coefficient (Wildman–Crippen LogP) is 3.39. The molecule has 0 N–H and O–H groups in total. The van der Waals surface area contributed by atoms with Crippen LogP contribution in [0.3, 0.4) is 0 Å². The molecule has 2 aromatic rings. The maximum absolute atomic E-state index is 13.5. The number of hydrogen-bond donors (Lipinski definition) is 0. The maximum Gasteiger partial charge on any atom is 0.268 e. The number of para-hydroxylation sites is 1. The molecule has 1 fully saturated rings. The molecule has 0 saturated carbocycles. The summed E-state index contributed by atoms with van der Waals surface area (Å²) in [6.45, 7) is 0. The summed E-state index contributed by atoms with van der Waals surface area (Å²) < 4.78 is 13.5.